The zero-order valence-electron chi connectivity index (χ0n) is 23.3. The van der Waals surface area contributed by atoms with E-state index in [9.17, 15) is 30.0 Å². The van der Waals surface area contributed by atoms with Crippen molar-refractivity contribution in [3.8, 4) is 0 Å². The average molecular weight is 519 g/mol. The molecule has 0 amide bonds. The summed E-state index contributed by atoms with van der Waals surface area (Å²) in [7, 11) is 0. The first-order chi connectivity index (χ1) is 17.0. The lowest BCUT2D eigenvalue weighted by atomic mass is 9.34. The van der Waals surface area contributed by atoms with Gasteiger partial charge in [0.1, 0.15) is 11.7 Å². The molecular weight excluding hydrogens is 472 g/mol. The van der Waals surface area contributed by atoms with Crippen molar-refractivity contribution in [1.82, 2.24) is 0 Å². The van der Waals surface area contributed by atoms with E-state index in [-0.39, 0.29) is 33.5 Å². The van der Waals surface area contributed by atoms with Gasteiger partial charge >= 0.3 is 5.97 Å². The highest BCUT2D eigenvalue weighted by Crippen LogP contribution is 2.75. The van der Waals surface area contributed by atoms with Crippen LogP contribution in [-0.4, -0.2) is 56.8 Å². The molecule has 0 saturated heterocycles. The monoisotopic (exact) mass is 518 g/mol. The fraction of sp³-hybridized carbons (Fsp3) is 0.867. The molecule has 5 aliphatic carbocycles. The third-order valence-corrected chi connectivity index (χ3v) is 13.1. The zero-order chi connectivity index (χ0) is 27.4. The number of carboxylic acids is 1. The van der Waals surface area contributed by atoms with Crippen LogP contribution in [0, 0.1) is 44.8 Å². The Labute approximate surface area is 220 Å². The highest BCUT2D eigenvalue weighted by molar-refractivity contribution is 5.77. The Balaban J connectivity index is 1.63. The number of aliphatic carboxylic acids is 1. The van der Waals surface area contributed by atoms with Crippen LogP contribution in [0.1, 0.15) is 92.9 Å². The number of ether oxygens (including phenoxy) is 1. The van der Waals surface area contributed by atoms with E-state index in [0.29, 0.717) is 38.6 Å². The number of carbonyl (C=O) groups is 2. The molecule has 11 atom stereocenters. The molecule has 2 unspecified atom stereocenters. The smallest absolute Gasteiger partial charge is 0.310 e. The van der Waals surface area contributed by atoms with Crippen LogP contribution in [-0.2, 0) is 14.3 Å². The molecule has 7 heteroatoms. The molecule has 4 N–H and O–H groups in total. The maximum Gasteiger partial charge on any atom is 0.310 e. The summed E-state index contributed by atoms with van der Waals surface area (Å²) in [6.45, 7) is 13.1. The molecule has 4 fully saturated rings. The molecule has 0 aromatic rings. The molecule has 5 rings (SSSR count). The van der Waals surface area contributed by atoms with Crippen LogP contribution in [0.2, 0.25) is 0 Å². The minimum atomic E-state index is -1.17. The molecule has 7 nitrogen and oxygen atoms in total. The van der Waals surface area contributed by atoms with Crippen molar-refractivity contribution in [2.75, 3.05) is 0 Å². The Bertz CT molecular complexity index is 1020. The summed E-state index contributed by atoms with van der Waals surface area (Å²) in [6.07, 6.45) is 4.65. The van der Waals surface area contributed by atoms with Crippen molar-refractivity contribution in [2.24, 2.45) is 44.8 Å². The van der Waals surface area contributed by atoms with Crippen molar-refractivity contribution in [3.63, 3.8) is 0 Å². The fourth-order valence-electron chi connectivity index (χ4n) is 10.6. The third-order valence-electron chi connectivity index (χ3n) is 13.1. The maximum absolute atomic E-state index is 12.8. The number of carboxylic acid groups (broad SMARTS) is 1. The first kappa shape index (κ1) is 27.1. The quantitative estimate of drug-likeness (QED) is 0.328. The minimum absolute atomic E-state index is 0.110. The Kier molecular flexibility index (Phi) is 5.90. The predicted octanol–water partition coefficient (Wildman–Crippen LogP) is 4.08. The van der Waals surface area contributed by atoms with Gasteiger partial charge in [-0.25, -0.2) is 0 Å². The van der Waals surface area contributed by atoms with Crippen molar-refractivity contribution < 1.29 is 34.8 Å². The number of fused-ring (bicyclic) bond motifs is 7. The van der Waals surface area contributed by atoms with Gasteiger partial charge in [0.15, 0.2) is 0 Å². The first-order valence-electron chi connectivity index (χ1n) is 14.1. The summed E-state index contributed by atoms with van der Waals surface area (Å²) in [4.78, 5) is 24.3. The van der Waals surface area contributed by atoms with E-state index >= 15 is 0 Å². The molecule has 0 bridgehead atoms. The molecule has 0 heterocycles. The van der Waals surface area contributed by atoms with Crippen LogP contribution in [0.3, 0.4) is 0 Å². The van der Waals surface area contributed by atoms with Gasteiger partial charge in [0.2, 0.25) is 0 Å². The van der Waals surface area contributed by atoms with E-state index in [2.05, 4.69) is 40.7 Å². The van der Waals surface area contributed by atoms with Crippen molar-refractivity contribution >= 4 is 12.4 Å². The molecule has 0 aromatic carbocycles. The lowest BCUT2D eigenvalue weighted by molar-refractivity contribution is -0.265. The molecule has 0 aliphatic heterocycles. The Morgan fingerprint density at radius 1 is 0.946 bits per heavy atom. The van der Waals surface area contributed by atoms with Crippen LogP contribution < -0.4 is 0 Å². The fourth-order valence-corrected chi connectivity index (χ4v) is 10.6. The van der Waals surface area contributed by atoms with E-state index in [1.54, 1.807) is 6.92 Å². The SMILES string of the molecule is CC1(C)CC[C@]2(C(=O)O)CC[C@]3(C)C(=CCC4[C@@]5(C)C[C@@H](O)[C@H](O)[C@](C)(OC=O)C5CC[C@]43C)[C@@H]2[C@@H]1O. The zero-order valence-corrected chi connectivity index (χ0v) is 23.3. The van der Waals surface area contributed by atoms with Gasteiger partial charge in [-0.2, -0.15) is 0 Å². The topological polar surface area (TPSA) is 124 Å². The largest absolute Gasteiger partial charge is 0.481 e. The number of hydrogen-bond acceptors (Lipinski definition) is 6. The van der Waals surface area contributed by atoms with Crippen molar-refractivity contribution in [2.45, 2.75) is 117 Å². The van der Waals surface area contributed by atoms with E-state index < -0.39 is 41.2 Å². The normalized spacial score (nSPS) is 54.5. The third kappa shape index (κ3) is 3.17. The maximum atomic E-state index is 12.8. The number of rotatable bonds is 3. The second-order valence-corrected chi connectivity index (χ2v) is 14.8. The standard InChI is InChI=1S/C30H46O7/c1-25(2)11-13-30(24(35)36)14-12-27(4)17(21(30)23(25)34)7-8-19-26(3)15-18(32)22(33)29(6,37-16-31)20(26)9-10-28(19,27)5/h7,16,18-23,32-34H,8-15H2,1-6H3,(H,35,36)/t18-,19?,20?,21-,22+,23+,26-,27-,28-,29-,30+/m1/s1. The van der Waals surface area contributed by atoms with Gasteiger partial charge in [-0.3, -0.25) is 9.59 Å². The highest BCUT2D eigenvalue weighted by atomic mass is 16.6. The molecule has 4 saturated carbocycles. The second-order valence-electron chi connectivity index (χ2n) is 14.8. The summed E-state index contributed by atoms with van der Waals surface area (Å²) >= 11 is 0. The second kappa shape index (κ2) is 8.04. The van der Waals surface area contributed by atoms with Crippen LogP contribution in [0.4, 0.5) is 0 Å². The molecule has 0 radical (unpaired) electrons. The van der Waals surface area contributed by atoms with Gasteiger partial charge in [0.25, 0.3) is 6.47 Å². The number of hydrogen-bond donors (Lipinski definition) is 4. The lowest BCUT2D eigenvalue weighted by Gasteiger charge is -2.71. The summed E-state index contributed by atoms with van der Waals surface area (Å²) in [5, 5.41) is 44.1. The van der Waals surface area contributed by atoms with Gasteiger partial charge in [0, 0.05) is 11.8 Å². The van der Waals surface area contributed by atoms with Crippen LogP contribution >= 0.6 is 0 Å². The van der Waals surface area contributed by atoms with E-state index in [1.165, 1.54) is 0 Å². The number of aliphatic hydroxyl groups excluding tert-OH is 3. The Morgan fingerprint density at radius 3 is 2.22 bits per heavy atom. The number of aliphatic hydroxyl groups is 3. The molecular formula is C30H46O7. The summed E-state index contributed by atoms with van der Waals surface area (Å²) in [5.41, 5.74) is -2.24. The van der Waals surface area contributed by atoms with E-state index in [1.807, 2.05) is 0 Å². The summed E-state index contributed by atoms with van der Waals surface area (Å²) in [5.74, 6) is -1.17. The van der Waals surface area contributed by atoms with Crippen molar-refractivity contribution in [1.29, 1.82) is 0 Å². The van der Waals surface area contributed by atoms with Crippen LogP contribution in [0.5, 0.6) is 0 Å². The Morgan fingerprint density at radius 2 is 1.59 bits per heavy atom. The van der Waals surface area contributed by atoms with E-state index in [0.717, 1.165) is 24.8 Å². The molecule has 37 heavy (non-hydrogen) atoms. The molecule has 208 valence electrons. The first-order valence-corrected chi connectivity index (χ1v) is 14.1. The van der Waals surface area contributed by atoms with Gasteiger partial charge in [-0.15, -0.1) is 0 Å². The van der Waals surface area contributed by atoms with Crippen LogP contribution in [0.25, 0.3) is 0 Å². The van der Waals surface area contributed by atoms with Gasteiger partial charge in [0.05, 0.1) is 17.6 Å². The van der Waals surface area contributed by atoms with Gasteiger partial charge in [-0.1, -0.05) is 46.3 Å². The summed E-state index contributed by atoms with van der Waals surface area (Å²) in [6, 6.07) is 0. The lowest BCUT2D eigenvalue weighted by Crippen LogP contribution is -2.70. The van der Waals surface area contributed by atoms with Gasteiger partial charge < -0.3 is 25.2 Å². The predicted molar refractivity (Wildman–Crippen MR) is 137 cm³/mol. The van der Waals surface area contributed by atoms with Gasteiger partial charge in [-0.05, 0) is 85.9 Å². The van der Waals surface area contributed by atoms with Crippen LogP contribution in [0.15, 0.2) is 11.6 Å². The average Bonchev–Trinajstić information content (AvgIpc) is 2.80. The highest BCUT2D eigenvalue weighted by Gasteiger charge is 2.72. The minimum Gasteiger partial charge on any atom is -0.481 e. The van der Waals surface area contributed by atoms with E-state index in [4.69, 9.17) is 4.74 Å². The molecule has 5 aliphatic rings. The molecule has 0 aromatic heterocycles. The molecule has 0 spiro atoms. The van der Waals surface area contributed by atoms with Crippen molar-refractivity contribution in [3.05, 3.63) is 11.6 Å². The number of allylic oxidation sites excluding steroid dienone is 1. The number of carbonyl (C=O) groups excluding carboxylic acids is 1. The Hall–Kier alpha value is -1.44. The summed E-state index contributed by atoms with van der Waals surface area (Å²) < 4.78 is 5.58.